The lowest BCUT2D eigenvalue weighted by molar-refractivity contribution is 0.0729. The second kappa shape index (κ2) is 7.31. The van der Waals surface area contributed by atoms with Crippen LogP contribution in [0.3, 0.4) is 0 Å². The molecule has 0 radical (unpaired) electrons. The topological polar surface area (TPSA) is 88.3 Å². The molecule has 3 aromatic heterocycles. The van der Waals surface area contributed by atoms with E-state index >= 15 is 0 Å². The van der Waals surface area contributed by atoms with Gasteiger partial charge in [-0.2, -0.15) is 0 Å². The summed E-state index contributed by atoms with van der Waals surface area (Å²) < 4.78 is 1.96. The van der Waals surface area contributed by atoms with Gasteiger partial charge in [-0.3, -0.25) is 9.20 Å². The SMILES string of the molecule is O=C(c1cccc(Nc2ncccn2)c1)N1CCC[C@H]1c1nnc2ccccn12. The lowest BCUT2D eigenvalue weighted by atomic mass is 10.1. The van der Waals surface area contributed by atoms with Gasteiger partial charge < -0.3 is 10.2 Å². The van der Waals surface area contributed by atoms with Gasteiger partial charge in [-0.1, -0.05) is 12.1 Å². The van der Waals surface area contributed by atoms with Crippen molar-refractivity contribution in [2.24, 2.45) is 0 Å². The minimum Gasteiger partial charge on any atom is -0.328 e. The number of hydrogen-bond acceptors (Lipinski definition) is 6. The van der Waals surface area contributed by atoms with Gasteiger partial charge in [-0.15, -0.1) is 10.2 Å². The highest BCUT2D eigenvalue weighted by Crippen LogP contribution is 2.32. The highest BCUT2D eigenvalue weighted by Gasteiger charge is 2.33. The molecule has 1 saturated heterocycles. The van der Waals surface area contributed by atoms with Gasteiger partial charge in [0, 0.05) is 36.4 Å². The second-order valence-electron chi connectivity index (χ2n) is 6.92. The molecule has 1 N–H and O–H groups in total. The van der Waals surface area contributed by atoms with Crippen LogP contribution in [0.2, 0.25) is 0 Å². The van der Waals surface area contributed by atoms with Gasteiger partial charge >= 0.3 is 0 Å². The molecular formula is C21H19N7O. The number of fused-ring (bicyclic) bond motifs is 1. The number of hydrogen-bond donors (Lipinski definition) is 1. The van der Waals surface area contributed by atoms with Gasteiger partial charge in [0.1, 0.15) is 0 Å². The average Bonchev–Trinajstić information content (AvgIpc) is 3.41. The number of benzene rings is 1. The lowest BCUT2D eigenvalue weighted by Gasteiger charge is -2.23. The van der Waals surface area contributed by atoms with Crippen molar-refractivity contribution in [2.45, 2.75) is 18.9 Å². The summed E-state index contributed by atoms with van der Waals surface area (Å²) in [4.78, 5) is 23.5. The summed E-state index contributed by atoms with van der Waals surface area (Å²) in [6.07, 6.45) is 7.09. The fourth-order valence-corrected chi connectivity index (χ4v) is 3.75. The maximum absolute atomic E-state index is 13.3. The molecule has 4 heterocycles. The largest absolute Gasteiger partial charge is 0.328 e. The highest BCUT2D eigenvalue weighted by atomic mass is 16.2. The summed E-state index contributed by atoms with van der Waals surface area (Å²) in [5.74, 6) is 1.28. The van der Waals surface area contributed by atoms with E-state index in [0.29, 0.717) is 18.1 Å². The Hall–Kier alpha value is -3.81. The number of aromatic nitrogens is 5. The third-order valence-corrected chi connectivity index (χ3v) is 5.08. The van der Waals surface area contributed by atoms with Crippen molar-refractivity contribution in [3.8, 4) is 0 Å². The minimum atomic E-state index is -0.0889. The molecule has 29 heavy (non-hydrogen) atoms. The zero-order valence-electron chi connectivity index (χ0n) is 15.6. The summed E-state index contributed by atoms with van der Waals surface area (Å²) in [5.41, 5.74) is 2.17. The number of carbonyl (C=O) groups excluding carboxylic acids is 1. The normalized spacial score (nSPS) is 16.3. The molecule has 0 saturated carbocycles. The summed E-state index contributed by atoms with van der Waals surface area (Å²) in [7, 11) is 0. The smallest absolute Gasteiger partial charge is 0.254 e. The highest BCUT2D eigenvalue weighted by molar-refractivity contribution is 5.95. The van der Waals surface area contributed by atoms with Crippen molar-refractivity contribution in [3.63, 3.8) is 0 Å². The number of pyridine rings is 1. The lowest BCUT2D eigenvalue weighted by Crippen LogP contribution is -2.31. The number of nitrogens with one attached hydrogen (secondary N) is 1. The van der Waals surface area contributed by atoms with Crippen LogP contribution in [0.5, 0.6) is 0 Å². The van der Waals surface area contributed by atoms with E-state index in [2.05, 4.69) is 25.5 Å². The predicted octanol–water partition coefficient (Wildman–Crippen LogP) is 3.24. The van der Waals surface area contributed by atoms with Crippen molar-refractivity contribution >= 4 is 23.2 Å². The number of anilines is 2. The molecule has 0 bridgehead atoms. The first-order valence-corrected chi connectivity index (χ1v) is 9.54. The average molecular weight is 385 g/mol. The number of likely N-dealkylation sites (tertiary alicyclic amines) is 1. The number of carbonyl (C=O) groups is 1. The molecular weight excluding hydrogens is 366 g/mol. The van der Waals surface area contributed by atoms with E-state index in [-0.39, 0.29) is 11.9 Å². The van der Waals surface area contributed by atoms with E-state index < -0.39 is 0 Å². The molecule has 4 aromatic rings. The van der Waals surface area contributed by atoms with Crippen LogP contribution >= 0.6 is 0 Å². The molecule has 8 nitrogen and oxygen atoms in total. The van der Waals surface area contributed by atoms with E-state index in [1.54, 1.807) is 18.5 Å². The molecule has 8 heteroatoms. The van der Waals surface area contributed by atoms with Crippen LogP contribution in [0.4, 0.5) is 11.6 Å². The number of amides is 1. The quantitative estimate of drug-likeness (QED) is 0.580. The Morgan fingerprint density at radius 1 is 1.03 bits per heavy atom. The predicted molar refractivity (Wildman–Crippen MR) is 108 cm³/mol. The number of rotatable bonds is 4. The molecule has 1 aromatic carbocycles. The molecule has 0 spiro atoms. The molecule has 1 fully saturated rings. The van der Waals surface area contributed by atoms with Crippen LogP contribution in [0, 0.1) is 0 Å². The molecule has 1 atom stereocenters. The van der Waals surface area contributed by atoms with Gasteiger partial charge in [0.2, 0.25) is 5.95 Å². The first kappa shape index (κ1) is 17.3. The molecule has 1 amide bonds. The first-order chi connectivity index (χ1) is 14.3. The Balaban J connectivity index is 1.42. The van der Waals surface area contributed by atoms with Crippen LogP contribution in [0.25, 0.3) is 5.65 Å². The van der Waals surface area contributed by atoms with E-state index in [1.807, 2.05) is 58.0 Å². The zero-order chi connectivity index (χ0) is 19.6. The van der Waals surface area contributed by atoms with Gasteiger partial charge in [0.05, 0.1) is 6.04 Å². The Morgan fingerprint density at radius 2 is 1.93 bits per heavy atom. The Bertz CT molecular complexity index is 1160. The Kier molecular flexibility index (Phi) is 4.36. The van der Waals surface area contributed by atoms with Crippen molar-refractivity contribution in [2.75, 3.05) is 11.9 Å². The minimum absolute atomic E-state index is 0.0159. The first-order valence-electron chi connectivity index (χ1n) is 9.54. The molecule has 0 unspecified atom stereocenters. The monoisotopic (exact) mass is 385 g/mol. The third-order valence-electron chi connectivity index (χ3n) is 5.08. The van der Waals surface area contributed by atoms with Gasteiger partial charge in [-0.05, 0) is 49.2 Å². The van der Waals surface area contributed by atoms with Gasteiger partial charge in [0.25, 0.3) is 5.91 Å². The van der Waals surface area contributed by atoms with Crippen LogP contribution in [0.1, 0.15) is 35.1 Å². The van der Waals surface area contributed by atoms with E-state index in [9.17, 15) is 4.79 Å². The third kappa shape index (κ3) is 3.29. The molecule has 1 aliphatic rings. The van der Waals surface area contributed by atoms with Crippen molar-refractivity contribution in [3.05, 3.63) is 78.5 Å². The zero-order valence-corrected chi connectivity index (χ0v) is 15.6. The van der Waals surface area contributed by atoms with Crippen LogP contribution in [0.15, 0.2) is 67.1 Å². The number of nitrogens with zero attached hydrogens (tertiary/aromatic N) is 6. The fraction of sp³-hybridized carbons (Fsp3) is 0.190. The Labute approximate surface area is 167 Å². The van der Waals surface area contributed by atoms with Gasteiger partial charge in [0.15, 0.2) is 11.5 Å². The van der Waals surface area contributed by atoms with Crippen LogP contribution in [-0.4, -0.2) is 41.9 Å². The summed E-state index contributed by atoms with van der Waals surface area (Å²) in [6, 6.07) is 14.9. The van der Waals surface area contributed by atoms with Crippen LogP contribution in [-0.2, 0) is 0 Å². The summed E-state index contributed by atoms with van der Waals surface area (Å²) in [5, 5.41) is 11.7. The molecule has 5 rings (SSSR count). The maximum atomic E-state index is 13.3. The van der Waals surface area contributed by atoms with Crippen molar-refractivity contribution < 1.29 is 4.79 Å². The van der Waals surface area contributed by atoms with Gasteiger partial charge in [-0.25, -0.2) is 9.97 Å². The standard InChI is InChI=1S/C21H19N7O/c29-20(15-6-3-7-16(14-15)24-21-22-10-5-11-23-21)27-13-4-8-17(27)19-26-25-18-9-1-2-12-28(18)19/h1-3,5-7,9-12,14,17H,4,8,13H2,(H,22,23,24)/t17-/m0/s1. The second-order valence-corrected chi connectivity index (χ2v) is 6.92. The molecule has 1 aliphatic heterocycles. The molecule has 0 aliphatic carbocycles. The van der Waals surface area contributed by atoms with E-state index in [0.717, 1.165) is 30.0 Å². The molecule has 144 valence electrons. The van der Waals surface area contributed by atoms with Crippen molar-refractivity contribution in [1.29, 1.82) is 0 Å². The van der Waals surface area contributed by atoms with E-state index in [4.69, 9.17) is 0 Å². The summed E-state index contributed by atoms with van der Waals surface area (Å²) >= 11 is 0. The van der Waals surface area contributed by atoms with Crippen LogP contribution < -0.4 is 5.32 Å². The van der Waals surface area contributed by atoms with E-state index in [1.165, 1.54) is 0 Å². The van der Waals surface area contributed by atoms with Crippen molar-refractivity contribution in [1.82, 2.24) is 29.5 Å². The Morgan fingerprint density at radius 3 is 2.83 bits per heavy atom. The maximum Gasteiger partial charge on any atom is 0.254 e. The summed E-state index contributed by atoms with van der Waals surface area (Å²) in [6.45, 7) is 0.699. The fourth-order valence-electron chi connectivity index (χ4n) is 3.75.